The van der Waals surface area contributed by atoms with Crippen molar-refractivity contribution in [3.63, 3.8) is 0 Å². The average Bonchev–Trinajstić information content (AvgIpc) is 2.87. The zero-order valence-electron chi connectivity index (χ0n) is 15.4. The minimum Gasteiger partial charge on any atom is -0.461 e. The number of likely N-dealkylation sites (N-methyl/N-ethyl adjacent to an activating group) is 2. The van der Waals surface area contributed by atoms with Gasteiger partial charge in [-0.2, -0.15) is 0 Å². The third kappa shape index (κ3) is 5.51. The molecule has 1 N–H and O–H groups in total. The minimum absolute atomic E-state index is 0.147. The first-order chi connectivity index (χ1) is 13.0. The van der Waals surface area contributed by atoms with Crippen LogP contribution < -0.4 is 15.1 Å². The number of carbonyl (C=O) groups is 2. The van der Waals surface area contributed by atoms with Gasteiger partial charge in [0.05, 0.1) is 19.7 Å². The van der Waals surface area contributed by atoms with Crippen LogP contribution in [0.25, 0.3) is 0 Å². The molecule has 1 fully saturated rings. The van der Waals surface area contributed by atoms with E-state index in [0.29, 0.717) is 25.1 Å². The molecule has 1 atom stereocenters. The monoisotopic (exact) mass is 386 g/mol. The van der Waals surface area contributed by atoms with Gasteiger partial charge in [0.25, 0.3) is 6.47 Å². The number of anilines is 2. The van der Waals surface area contributed by atoms with E-state index in [2.05, 4.69) is 5.32 Å². The van der Waals surface area contributed by atoms with Gasteiger partial charge < -0.3 is 19.9 Å². The Labute approximate surface area is 156 Å². The van der Waals surface area contributed by atoms with E-state index in [4.69, 9.17) is 9.57 Å². The normalized spacial score (nSPS) is 15.9. The summed E-state index contributed by atoms with van der Waals surface area (Å²) in [5.41, 5.74) is 0.171. The molecule has 1 aliphatic rings. The van der Waals surface area contributed by atoms with Crippen LogP contribution in [0.15, 0.2) is 12.1 Å². The molecular weight excluding hydrogens is 362 g/mol. The quantitative estimate of drug-likeness (QED) is 0.615. The minimum atomic E-state index is -0.710. The van der Waals surface area contributed by atoms with E-state index in [1.165, 1.54) is 17.0 Å². The smallest absolute Gasteiger partial charge is 0.293 e. The summed E-state index contributed by atoms with van der Waals surface area (Å²) in [6.07, 6.45) is 0.0810. The van der Waals surface area contributed by atoms with Crippen LogP contribution in [-0.2, 0) is 19.2 Å². The largest absolute Gasteiger partial charge is 0.461 e. The number of nitrogens with one attached hydrogen (secondary N) is 1. The molecule has 1 amide bonds. The van der Waals surface area contributed by atoms with Gasteiger partial charge in [0.2, 0.25) is 6.41 Å². The van der Waals surface area contributed by atoms with E-state index in [9.17, 15) is 18.4 Å². The molecule has 0 unspecified atom stereocenters. The molecular formula is C17H24F2N4O4. The van der Waals surface area contributed by atoms with Crippen molar-refractivity contribution >= 4 is 24.3 Å². The Morgan fingerprint density at radius 3 is 2.59 bits per heavy atom. The second kappa shape index (κ2) is 10.0. The lowest BCUT2D eigenvalue weighted by Crippen LogP contribution is -2.37. The summed E-state index contributed by atoms with van der Waals surface area (Å²) in [5, 5.41) is 4.00. The average molecular weight is 386 g/mol. The van der Waals surface area contributed by atoms with Crippen molar-refractivity contribution in [2.24, 2.45) is 0 Å². The highest BCUT2D eigenvalue weighted by molar-refractivity contribution is 5.59. The first-order valence-corrected chi connectivity index (χ1v) is 8.53. The molecule has 27 heavy (non-hydrogen) atoms. The molecule has 0 aliphatic carbocycles. The number of ether oxygens (including phenoxy) is 1. The highest BCUT2D eigenvalue weighted by Gasteiger charge is 2.23. The fourth-order valence-corrected chi connectivity index (χ4v) is 2.92. The third-order valence-electron chi connectivity index (χ3n) is 4.24. The van der Waals surface area contributed by atoms with Crippen LogP contribution in [0.1, 0.15) is 0 Å². The number of halogens is 2. The maximum Gasteiger partial charge on any atom is 0.293 e. The number of benzene rings is 1. The lowest BCUT2D eigenvalue weighted by Gasteiger charge is -2.27. The Balaban J connectivity index is 2.15. The number of rotatable bonds is 9. The van der Waals surface area contributed by atoms with E-state index in [0.717, 1.165) is 5.06 Å². The van der Waals surface area contributed by atoms with Crippen molar-refractivity contribution in [3.05, 3.63) is 23.8 Å². The standard InChI is InChI=1S/C17H24F2N4O4/c1-20-9-14(26-12-25)10-21(2)13-7-15(18)17(16(19)8-13)22-3-4-23(11-24)27-6-5-22/h7-8,11-12,14,20H,3-6,9-10H2,1-2H3/t14-/m0/s1. The van der Waals surface area contributed by atoms with Gasteiger partial charge in [-0.3, -0.25) is 14.4 Å². The molecule has 0 spiro atoms. The Hall–Kier alpha value is -2.46. The van der Waals surface area contributed by atoms with Gasteiger partial charge in [0, 0.05) is 32.4 Å². The molecule has 150 valence electrons. The van der Waals surface area contributed by atoms with Crippen molar-refractivity contribution in [2.45, 2.75) is 6.10 Å². The van der Waals surface area contributed by atoms with Crippen LogP contribution in [-0.4, -0.2) is 77.5 Å². The number of nitrogens with zero attached hydrogens (tertiary/aromatic N) is 3. The van der Waals surface area contributed by atoms with Crippen LogP contribution in [0.4, 0.5) is 20.2 Å². The molecule has 1 aromatic rings. The molecule has 2 rings (SSSR count). The van der Waals surface area contributed by atoms with Crippen LogP contribution in [0.2, 0.25) is 0 Å². The summed E-state index contributed by atoms with van der Waals surface area (Å²) in [6, 6.07) is 2.47. The molecule has 0 saturated carbocycles. The van der Waals surface area contributed by atoms with Gasteiger partial charge in [-0.15, -0.1) is 0 Å². The van der Waals surface area contributed by atoms with Gasteiger partial charge in [0.1, 0.15) is 11.8 Å². The van der Waals surface area contributed by atoms with Crippen molar-refractivity contribution < 1.29 is 27.9 Å². The van der Waals surface area contributed by atoms with Crippen LogP contribution >= 0.6 is 0 Å². The van der Waals surface area contributed by atoms with Crippen molar-refractivity contribution in [2.75, 3.05) is 63.2 Å². The van der Waals surface area contributed by atoms with Crippen molar-refractivity contribution in [3.8, 4) is 0 Å². The Kier molecular flexibility index (Phi) is 7.74. The predicted octanol–water partition coefficient (Wildman–Crippen LogP) is 0.372. The van der Waals surface area contributed by atoms with Crippen LogP contribution in [0.5, 0.6) is 0 Å². The van der Waals surface area contributed by atoms with Crippen molar-refractivity contribution in [1.82, 2.24) is 10.4 Å². The van der Waals surface area contributed by atoms with Gasteiger partial charge in [-0.05, 0) is 19.2 Å². The molecule has 0 bridgehead atoms. The van der Waals surface area contributed by atoms with Gasteiger partial charge in [0.15, 0.2) is 11.6 Å². The van der Waals surface area contributed by atoms with Gasteiger partial charge >= 0.3 is 0 Å². The second-order valence-corrected chi connectivity index (χ2v) is 6.12. The zero-order chi connectivity index (χ0) is 19.8. The van der Waals surface area contributed by atoms with Crippen LogP contribution in [0.3, 0.4) is 0 Å². The zero-order valence-corrected chi connectivity index (χ0v) is 15.4. The van der Waals surface area contributed by atoms with E-state index in [1.54, 1.807) is 19.0 Å². The summed E-state index contributed by atoms with van der Waals surface area (Å²) in [4.78, 5) is 29.6. The summed E-state index contributed by atoms with van der Waals surface area (Å²) in [6.45, 7) is 1.89. The Morgan fingerprint density at radius 2 is 2.00 bits per heavy atom. The van der Waals surface area contributed by atoms with E-state index >= 15 is 0 Å². The number of carbonyl (C=O) groups excluding carboxylic acids is 2. The molecule has 8 nitrogen and oxygen atoms in total. The predicted molar refractivity (Wildman–Crippen MR) is 95.4 cm³/mol. The lowest BCUT2D eigenvalue weighted by atomic mass is 10.2. The molecule has 0 aromatic heterocycles. The summed E-state index contributed by atoms with van der Waals surface area (Å²) >= 11 is 0. The number of hydroxylamine groups is 2. The lowest BCUT2D eigenvalue weighted by molar-refractivity contribution is -0.166. The van der Waals surface area contributed by atoms with Crippen molar-refractivity contribution in [1.29, 1.82) is 0 Å². The Morgan fingerprint density at radius 1 is 1.30 bits per heavy atom. The maximum atomic E-state index is 14.7. The highest BCUT2D eigenvalue weighted by Crippen LogP contribution is 2.29. The number of hydrogen-bond acceptors (Lipinski definition) is 7. The maximum absolute atomic E-state index is 14.7. The summed E-state index contributed by atoms with van der Waals surface area (Å²) in [7, 11) is 3.37. The van der Waals surface area contributed by atoms with Gasteiger partial charge in [-0.25, -0.2) is 13.8 Å². The van der Waals surface area contributed by atoms with E-state index in [-0.39, 0.29) is 38.5 Å². The molecule has 1 aliphatic heterocycles. The molecule has 10 heteroatoms. The fraction of sp³-hybridized carbons (Fsp3) is 0.529. The summed E-state index contributed by atoms with van der Waals surface area (Å²) < 4.78 is 34.3. The SMILES string of the molecule is CNC[C@@H](CN(C)c1cc(F)c(N2CCON(C=O)CC2)c(F)c1)OC=O. The van der Waals surface area contributed by atoms with Gasteiger partial charge in [-0.1, -0.05) is 0 Å². The molecule has 1 saturated heterocycles. The highest BCUT2D eigenvalue weighted by atomic mass is 19.1. The Bertz CT molecular complexity index is 626. The third-order valence-corrected chi connectivity index (χ3v) is 4.24. The number of hydrogen-bond donors (Lipinski definition) is 1. The first-order valence-electron chi connectivity index (χ1n) is 8.53. The van der Waals surface area contributed by atoms with Crippen LogP contribution in [0, 0.1) is 11.6 Å². The number of amides is 1. The topological polar surface area (TPSA) is 74.3 Å². The van der Waals surface area contributed by atoms with E-state index in [1.807, 2.05) is 0 Å². The summed E-state index contributed by atoms with van der Waals surface area (Å²) in [5.74, 6) is -1.42. The van der Waals surface area contributed by atoms with E-state index < -0.39 is 17.7 Å². The first kappa shape index (κ1) is 20.8. The fourth-order valence-electron chi connectivity index (χ4n) is 2.92. The molecule has 1 aromatic carbocycles. The molecule has 0 radical (unpaired) electrons. The second-order valence-electron chi connectivity index (χ2n) is 6.12. The molecule has 1 heterocycles.